The molecule has 7 heteroatoms. The van der Waals surface area contributed by atoms with Crippen molar-refractivity contribution in [2.45, 2.75) is 6.18 Å². The summed E-state index contributed by atoms with van der Waals surface area (Å²) >= 11 is 0. The zero-order valence-electron chi connectivity index (χ0n) is 8.58. The molecule has 0 saturated carbocycles. The molecule has 0 fully saturated rings. The fourth-order valence-corrected chi connectivity index (χ4v) is 1.000. The number of allylic oxidation sites excluding steroid dienone is 1. The van der Waals surface area contributed by atoms with Crippen LogP contribution in [0.4, 0.5) is 13.2 Å². The number of hydrogen-bond acceptors (Lipinski definition) is 4. The summed E-state index contributed by atoms with van der Waals surface area (Å²) in [5, 5.41) is 3.26. The monoisotopic (exact) mass is 234 g/mol. The molecule has 1 aromatic rings. The van der Waals surface area contributed by atoms with Crippen LogP contribution in [0.3, 0.4) is 0 Å². The molecule has 0 atom stereocenters. The van der Waals surface area contributed by atoms with Gasteiger partial charge in [-0.25, -0.2) is 0 Å². The zero-order chi connectivity index (χ0) is 12.3. The number of rotatable bonds is 3. The molecular formula is C9H9F3N2O2. The molecule has 0 bridgehead atoms. The van der Waals surface area contributed by atoms with E-state index >= 15 is 0 Å². The normalized spacial score (nSPS) is 12.7. The fraction of sp³-hybridized carbons (Fsp3) is 0.333. The van der Waals surface area contributed by atoms with Crippen molar-refractivity contribution in [1.29, 1.82) is 0 Å². The van der Waals surface area contributed by atoms with E-state index in [2.05, 4.69) is 9.68 Å². The van der Waals surface area contributed by atoms with Crippen molar-refractivity contribution in [2.24, 2.45) is 0 Å². The molecule has 1 rings (SSSR count). The molecule has 16 heavy (non-hydrogen) atoms. The van der Waals surface area contributed by atoms with E-state index in [1.165, 1.54) is 31.3 Å². The number of alkyl halides is 3. The van der Waals surface area contributed by atoms with Crippen molar-refractivity contribution in [3.8, 4) is 0 Å². The average Bonchev–Trinajstić information content (AvgIpc) is 2.63. The van der Waals surface area contributed by atoms with Gasteiger partial charge in [0, 0.05) is 26.4 Å². The highest BCUT2D eigenvalue weighted by molar-refractivity contribution is 6.22. The molecular weight excluding hydrogens is 225 g/mol. The molecule has 1 heterocycles. The van der Waals surface area contributed by atoms with Crippen molar-refractivity contribution in [3.05, 3.63) is 24.2 Å². The third kappa shape index (κ3) is 2.85. The molecule has 0 radical (unpaired) electrons. The van der Waals surface area contributed by atoms with Crippen molar-refractivity contribution in [1.82, 2.24) is 10.1 Å². The Balaban J connectivity index is 3.13. The SMILES string of the molecule is CN(C)/C=C(\C(=O)C(F)(F)F)c1ccno1. The van der Waals surface area contributed by atoms with E-state index in [0.717, 1.165) is 6.20 Å². The van der Waals surface area contributed by atoms with Crippen LogP contribution in [0.5, 0.6) is 0 Å². The van der Waals surface area contributed by atoms with Crippen molar-refractivity contribution >= 4 is 11.4 Å². The van der Waals surface area contributed by atoms with Crippen LogP contribution in [0, 0.1) is 0 Å². The standard InChI is InChI=1S/C9H9F3N2O2/c1-14(2)5-6(7-3-4-13-16-7)8(15)9(10,11)12/h3-5H,1-2H3/b6-5-. The second-order valence-electron chi connectivity index (χ2n) is 3.21. The molecule has 0 aliphatic rings. The van der Waals surface area contributed by atoms with Crippen LogP contribution in [0.1, 0.15) is 5.76 Å². The van der Waals surface area contributed by atoms with Gasteiger partial charge in [0.25, 0.3) is 5.78 Å². The third-order valence-electron chi connectivity index (χ3n) is 1.59. The van der Waals surface area contributed by atoms with Crippen LogP contribution in [0.25, 0.3) is 5.57 Å². The lowest BCUT2D eigenvalue weighted by atomic mass is 10.1. The van der Waals surface area contributed by atoms with Gasteiger partial charge in [-0.3, -0.25) is 4.79 Å². The van der Waals surface area contributed by atoms with Gasteiger partial charge in [0.2, 0.25) is 0 Å². The number of ketones is 1. The Kier molecular flexibility index (Phi) is 3.36. The average molecular weight is 234 g/mol. The summed E-state index contributed by atoms with van der Waals surface area (Å²) in [6, 6.07) is 1.19. The number of halogens is 3. The van der Waals surface area contributed by atoms with Gasteiger partial charge in [0.1, 0.15) is 0 Å². The highest BCUT2D eigenvalue weighted by Crippen LogP contribution is 2.26. The largest absolute Gasteiger partial charge is 0.455 e. The Bertz CT molecular complexity index is 393. The molecule has 0 unspecified atom stereocenters. The highest BCUT2D eigenvalue weighted by atomic mass is 19.4. The minimum atomic E-state index is -4.94. The lowest BCUT2D eigenvalue weighted by molar-refractivity contribution is -0.164. The fourth-order valence-electron chi connectivity index (χ4n) is 1.000. The molecule has 0 aromatic carbocycles. The molecule has 0 N–H and O–H groups in total. The summed E-state index contributed by atoms with van der Waals surface area (Å²) in [5.74, 6) is -2.17. The number of Topliss-reactive ketones (excluding diaryl/α,β-unsaturated/α-hetero) is 1. The van der Waals surface area contributed by atoms with Crippen LogP contribution < -0.4 is 0 Å². The second-order valence-corrected chi connectivity index (χ2v) is 3.21. The first-order chi connectivity index (χ1) is 7.32. The Hall–Kier alpha value is -1.79. The van der Waals surface area contributed by atoms with Crippen LogP contribution in [0.15, 0.2) is 23.0 Å². The maximum Gasteiger partial charge on any atom is 0.455 e. The van der Waals surface area contributed by atoms with Crippen molar-refractivity contribution in [3.63, 3.8) is 0 Å². The maximum atomic E-state index is 12.3. The number of carbonyl (C=O) groups excluding carboxylic acids is 1. The van der Waals surface area contributed by atoms with Gasteiger partial charge in [-0.2, -0.15) is 13.2 Å². The summed E-state index contributed by atoms with van der Waals surface area (Å²) < 4.78 is 41.4. The number of nitrogens with zero attached hydrogens (tertiary/aromatic N) is 2. The van der Waals surface area contributed by atoms with Crippen LogP contribution >= 0.6 is 0 Å². The first kappa shape index (κ1) is 12.3. The van der Waals surface area contributed by atoms with E-state index in [-0.39, 0.29) is 5.76 Å². The molecule has 0 aliphatic carbocycles. The topological polar surface area (TPSA) is 46.3 Å². The molecule has 0 aliphatic heterocycles. The van der Waals surface area contributed by atoms with Crippen LogP contribution in [-0.2, 0) is 4.79 Å². The Morgan fingerprint density at radius 2 is 2.12 bits per heavy atom. The molecule has 0 amide bonds. The summed E-state index contributed by atoms with van der Waals surface area (Å²) in [7, 11) is 3.00. The quantitative estimate of drug-likeness (QED) is 0.747. The van der Waals surface area contributed by atoms with Crippen molar-refractivity contribution < 1.29 is 22.5 Å². The molecule has 4 nitrogen and oxygen atoms in total. The molecule has 88 valence electrons. The molecule has 0 saturated heterocycles. The summed E-state index contributed by atoms with van der Waals surface area (Å²) in [5.41, 5.74) is -0.574. The van der Waals surface area contributed by atoms with E-state index in [1.54, 1.807) is 0 Å². The smallest absolute Gasteiger partial charge is 0.383 e. The molecule has 1 aromatic heterocycles. The Labute approximate surface area is 89.3 Å². The van der Waals surface area contributed by atoms with E-state index in [0.29, 0.717) is 0 Å². The minimum absolute atomic E-state index is 0.212. The lowest BCUT2D eigenvalue weighted by Gasteiger charge is -2.10. The van der Waals surface area contributed by atoms with Gasteiger partial charge < -0.3 is 9.42 Å². The predicted octanol–water partition coefficient (Wildman–Crippen LogP) is 1.71. The van der Waals surface area contributed by atoms with Crippen LogP contribution in [-0.4, -0.2) is 36.1 Å². The van der Waals surface area contributed by atoms with Gasteiger partial charge in [-0.15, -0.1) is 0 Å². The Morgan fingerprint density at radius 1 is 1.50 bits per heavy atom. The molecule has 0 spiro atoms. The Morgan fingerprint density at radius 3 is 2.50 bits per heavy atom. The predicted molar refractivity (Wildman–Crippen MR) is 49.2 cm³/mol. The summed E-state index contributed by atoms with van der Waals surface area (Å²) in [6.45, 7) is 0. The number of hydrogen-bond donors (Lipinski definition) is 0. The number of aromatic nitrogens is 1. The van der Waals surface area contributed by atoms with Gasteiger partial charge in [-0.1, -0.05) is 5.16 Å². The third-order valence-corrected chi connectivity index (χ3v) is 1.59. The van der Waals surface area contributed by atoms with E-state index < -0.39 is 17.5 Å². The lowest BCUT2D eigenvalue weighted by Crippen LogP contribution is -2.24. The van der Waals surface area contributed by atoms with Gasteiger partial charge in [0.15, 0.2) is 5.76 Å². The first-order valence-electron chi connectivity index (χ1n) is 4.23. The summed E-state index contributed by atoms with van der Waals surface area (Å²) in [6.07, 6.45) is -2.73. The second kappa shape index (κ2) is 4.38. The van der Waals surface area contributed by atoms with E-state index in [1.807, 2.05) is 0 Å². The van der Waals surface area contributed by atoms with Crippen LogP contribution in [0.2, 0.25) is 0 Å². The van der Waals surface area contributed by atoms with E-state index in [4.69, 9.17) is 0 Å². The summed E-state index contributed by atoms with van der Waals surface area (Å²) in [4.78, 5) is 12.4. The van der Waals surface area contributed by atoms with Crippen molar-refractivity contribution in [2.75, 3.05) is 14.1 Å². The minimum Gasteiger partial charge on any atom is -0.383 e. The van der Waals surface area contributed by atoms with E-state index in [9.17, 15) is 18.0 Å². The van der Waals surface area contributed by atoms with Gasteiger partial charge >= 0.3 is 6.18 Å². The zero-order valence-corrected chi connectivity index (χ0v) is 8.58. The highest BCUT2D eigenvalue weighted by Gasteiger charge is 2.42. The van der Waals surface area contributed by atoms with Gasteiger partial charge in [-0.05, 0) is 0 Å². The first-order valence-corrected chi connectivity index (χ1v) is 4.23. The number of carbonyl (C=O) groups is 1. The maximum absolute atomic E-state index is 12.3. The van der Waals surface area contributed by atoms with Gasteiger partial charge in [0.05, 0.1) is 11.8 Å².